The van der Waals surface area contributed by atoms with E-state index in [1.54, 1.807) is 6.07 Å². The fourth-order valence-electron chi connectivity index (χ4n) is 1.96. The first-order valence-corrected chi connectivity index (χ1v) is 4.86. The summed E-state index contributed by atoms with van der Waals surface area (Å²) in [6.45, 7) is 2.05. The fraction of sp³-hybridized carbons (Fsp3) is 0.364. The van der Waals surface area contributed by atoms with E-state index < -0.39 is 0 Å². The summed E-state index contributed by atoms with van der Waals surface area (Å²) in [6, 6.07) is 5.55. The Labute approximate surface area is 83.3 Å². The van der Waals surface area contributed by atoms with Crippen molar-refractivity contribution in [1.82, 2.24) is 5.32 Å². The first-order valence-electron chi connectivity index (χ1n) is 4.86. The lowest BCUT2D eigenvalue weighted by Crippen LogP contribution is -2.09. The van der Waals surface area contributed by atoms with Crippen LogP contribution in [0.25, 0.3) is 0 Å². The van der Waals surface area contributed by atoms with E-state index in [0.717, 1.165) is 31.5 Å². The van der Waals surface area contributed by atoms with Gasteiger partial charge in [-0.15, -0.1) is 0 Å². The average Bonchev–Trinajstić information content (AvgIpc) is 2.70. The topological polar surface area (TPSA) is 55.1 Å². The molecule has 1 unspecified atom stereocenters. The summed E-state index contributed by atoms with van der Waals surface area (Å²) >= 11 is 0. The van der Waals surface area contributed by atoms with Crippen LogP contribution in [0.5, 0.6) is 0 Å². The molecular formula is C11H14N2O. The molecule has 3 N–H and O–H groups in total. The molecule has 0 spiro atoms. The Morgan fingerprint density at radius 3 is 2.93 bits per heavy atom. The SMILES string of the molecule is Nc1cc(C=O)ccc1C1CCNC1. The van der Waals surface area contributed by atoms with Gasteiger partial charge in [0.05, 0.1) is 0 Å². The van der Waals surface area contributed by atoms with Crippen molar-refractivity contribution in [2.24, 2.45) is 0 Å². The molecule has 0 radical (unpaired) electrons. The third kappa shape index (κ3) is 1.63. The molecule has 74 valence electrons. The molecule has 1 aliphatic rings. The molecule has 0 bridgehead atoms. The molecule has 1 aliphatic heterocycles. The van der Waals surface area contributed by atoms with Gasteiger partial charge >= 0.3 is 0 Å². The predicted octanol–water partition coefficient (Wildman–Crippen LogP) is 1.16. The molecule has 1 aromatic carbocycles. The number of hydrogen-bond donors (Lipinski definition) is 2. The van der Waals surface area contributed by atoms with Crippen LogP contribution in [0.15, 0.2) is 18.2 Å². The highest BCUT2D eigenvalue weighted by atomic mass is 16.1. The third-order valence-corrected chi connectivity index (χ3v) is 2.75. The smallest absolute Gasteiger partial charge is 0.150 e. The molecule has 1 heterocycles. The van der Waals surface area contributed by atoms with Gasteiger partial charge in [0.15, 0.2) is 0 Å². The maximum Gasteiger partial charge on any atom is 0.150 e. The summed E-state index contributed by atoms with van der Waals surface area (Å²) in [4.78, 5) is 10.5. The van der Waals surface area contributed by atoms with E-state index in [-0.39, 0.29) is 0 Å². The van der Waals surface area contributed by atoms with Gasteiger partial charge in [-0.05, 0) is 30.5 Å². The van der Waals surface area contributed by atoms with Crippen LogP contribution in [0.1, 0.15) is 28.3 Å². The first-order chi connectivity index (χ1) is 6.81. The van der Waals surface area contributed by atoms with Crippen molar-refractivity contribution in [3.63, 3.8) is 0 Å². The number of aldehydes is 1. The van der Waals surface area contributed by atoms with Crippen molar-refractivity contribution in [1.29, 1.82) is 0 Å². The van der Waals surface area contributed by atoms with Gasteiger partial charge < -0.3 is 11.1 Å². The normalized spacial score (nSPS) is 21.0. The minimum absolute atomic E-state index is 0.510. The highest BCUT2D eigenvalue weighted by Gasteiger charge is 2.18. The predicted molar refractivity (Wildman–Crippen MR) is 56.5 cm³/mol. The monoisotopic (exact) mass is 190 g/mol. The second-order valence-electron chi connectivity index (χ2n) is 3.70. The van der Waals surface area contributed by atoms with Gasteiger partial charge in [-0.25, -0.2) is 0 Å². The van der Waals surface area contributed by atoms with Crippen LogP contribution in [0, 0.1) is 0 Å². The van der Waals surface area contributed by atoms with E-state index in [1.807, 2.05) is 12.1 Å². The van der Waals surface area contributed by atoms with Gasteiger partial charge in [-0.1, -0.05) is 12.1 Å². The zero-order chi connectivity index (χ0) is 9.97. The van der Waals surface area contributed by atoms with Crippen molar-refractivity contribution in [2.75, 3.05) is 18.8 Å². The molecule has 14 heavy (non-hydrogen) atoms. The first kappa shape index (κ1) is 9.21. The number of nitrogens with one attached hydrogen (secondary N) is 1. The molecular weight excluding hydrogens is 176 g/mol. The number of nitrogens with two attached hydrogens (primary N) is 1. The molecule has 1 aromatic rings. The minimum Gasteiger partial charge on any atom is -0.398 e. The highest BCUT2D eigenvalue weighted by Crippen LogP contribution is 2.27. The van der Waals surface area contributed by atoms with Crippen LogP contribution in [0.3, 0.4) is 0 Å². The van der Waals surface area contributed by atoms with E-state index in [2.05, 4.69) is 5.32 Å². The van der Waals surface area contributed by atoms with Crippen molar-refractivity contribution in [2.45, 2.75) is 12.3 Å². The van der Waals surface area contributed by atoms with Crippen LogP contribution in [0.4, 0.5) is 5.69 Å². The van der Waals surface area contributed by atoms with Crippen molar-refractivity contribution in [3.05, 3.63) is 29.3 Å². The van der Waals surface area contributed by atoms with Crippen LogP contribution in [-0.4, -0.2) is 19.4 Å². The lowest BCUT2D eigenvalue weighted by atomic mass is 9.96. The molecule has 0 amide bonds. The number of hydrogen-bond acceptors (Lipinski definition) is 3. The Balaban J connectivity index is 2.29. The molecule has 1 atom stereocenters. The molecule has 1 saturated heterocycles. The number of anilines is 1. The van der Waals surface area contributed by atoms with Crippen molar-refractivity contribution in [3.8, 4) is 0 Å². The zero-order valence-electron chi connectivity index (χ0n) is 7.99. The summed E-state index contributed by atoms with van der Waals surface area (Å²) in [5.74, 6) is 0.510. The standard InChI is InChI=1S/C11H14N2O/c12-11-5-8(7-14)1-2-10(11)9-3-4-13-6-9/h1-2,5,7,9,13H,3-4,6,12H2. The van der Waals surface area contributed by atoms with Crippen LogP contribution in [-0.2, 0) is 0 Å². The van der Waals surface area contributed by atoms with Crippen molar-refractivity contribution >= 4 is 12.0 Å². The number of rotatable bonds is 2. The Hall–Kier alpha value is -1.35. The summed E-state index contributed by atoms with van der Waals surface area (Å²) < 4.78 is 0. The number of carbonyl (C=O) groups excluding carboxylic acids is 1. The molecule has 0 aliphatic carbocycles. The average molecular weight is 190 g/mol. The third-order valence-electron chi connectivity index (χ3n) is 2.75. The molecule has 0 aromatic heterocycles. The fourth-order valence-corrected chi connectivity index (χ4v) is 1.96. The Morgan fingerprint density at radius 1 is 1.50 bits per heavy atom. The molecule has 2 rings (SSSR count). The molecule has 3 heteroatoms. The molecule has 1 fully saturated rings. The maximum atomic E-state index is 10.5. The number of nitrogen functional groups attached to an aromatic ring is 1. The summed E-state index contributed by atoms with van der Waals surface area (Å²) in [5, 5.41) is 3.30. The largest absolute Gasteiger partial charge is 0.398 e. The molecule has 0 saturated carbocycles. The Morgan fingerprint density at radius 2 is 2.36 bits per heavy atom. The second kappa shape index (κ2) is 3.80. The van der Waals surface area contributed by atoms with Gasteiger partial charge in [0.1, 0.15) is 6.29 Å². The maximum absolute atomic E-state index is 10.5. The van der Waals surface area contributed by atoms with E-state index in [0.29, 0.717) is 11.5 Å². The van der Waals surface area contributed by atoms with Gasteiger partial charge in [0, 0.05) is 17.8 Å². The van der Waals surface area contributed by atoms with E-state index in [1.165, 1.54) is 5.56 Å². The number of carbonyl (C=O) groups is 1. The molecule has 3 nitrogen and oxygen atoms in total. The van der Waals surface area contributed by atoms with Gasteiger partial charge in [-0.3, -0.25) is 4.79 Å². The minimum atomic E-state index is 0.510. The summed E-state index contributed by atoms with van der Waals surface area (Å²) in [7, 11) is 0. The van der Waals surface area contributed by atoms with Crippen molar-refractivity contribution < 1.29 is 4.79 Å². The lowest BCUT2D eigenvalue weighted by molar-refractivity contribution is 0.112. The second-order valence-corrected chi connectivity index (χ2v) is 3.70. The van der Waals surface area contributed by atoms with Crippen LogP contribution >= 0.6 is 0 Å². The van der Waals surface area contributed by atoms with E-state index in [4.69, 9.17) is 5.73 Å². The van der Waals surface area contributed by atoms with E-state index in [9.17, 15) is 4.79 Å². The van der Waals surface area contributed by atoms with Crippen LogP contribution in [0.2, 0.25) is 0 Å². The van der Waals surface area contributed by atoms with Gasteiger partial charge in [-0.2, -0.15) is 0 Å². The van der Waals surface area contributed by atoms with Gasteiger partial charge in [0.25, 0.3) is 0 Å². The highest BCUT2D eigenvalue weighted by molar-refractivity contribution is 5.77. The number of benzene rings is 1. The summed E-state index contributed by atoms with van der Waals surface area (Å²) in [5.41, 5.74) is 8.45. The zero-order valence-corrected chi connectivity index (χ0v) is 7.99. The van der Waals surface area contributed by atoms with E-state index >= 15 is 0 Å². The lowest BCUT2D eigenvalue weighted by Gasteiger charge is -2.11. The summed E-state index contributed by atoms with van der Waals surface area (Å²) in [6.07, 6.45) is 1.96. The van der Waals surface area contributed by atoms with Crippen LogP contribution < -0.4 is 11.1 Å². The Kier molecular flexibility index (Phi) is 2.50. The van der Waals surface area contributed by atoms with Gasteiger partial charge in [0.2, 0.25) is 0 Å². The quantitative estimate of drug-likeness (QED) is 0.543. The Bertz CT molecular complexity index is 343.